The number of carbonyl (C=O) groups excluding carboxylic acids is 3. The van der Waals surface area contributed by atoms with Crippen LogP contribution in [0.3, 0.4) is 0 Å². The molecule has 0 N–H and O–H groups in total. The first-order valence-electron chi connectivity index (χ1n) is 36.9. The number of esters is 3. The molecule has 9 rings (SSSR count). The highest BCUT2D eigenvalue weighted by atomic mass is 31.2. The molecule has 0 aromatic heterocycles. The van der Waals surface area contributed by atoms with Gasteiger partial charge in [0.25, 0.3) is 0 Å². The van der Waals surface area contributed by atoms with Gasteiger partial charge in [0.2, 0.25) is 0 Å². The summed E-state index contributed by atoms with van der Waals surface area (Å²) in [5.74, 6) is -3.25. The van der Waals surface area contributed by atoms with E-state index in [1.807, 2.05) is 54.6 Å². The van der Waals surface area contributed by atoms with Crippen LogP contribution in [0.4, 0.5) is 0 Å². The van der Waals surface area contributed by atoms with E-state index in [1.54, 1.807) is 18.2 Å². The van der Waals surface area contributed by atoms with Crippen molar-refractivity contribution in [2.75, 3.05) is 0 Å². The van der Waals surface area contributed by atoms with Gasteiger partial charge in [-0.1, -0.05) is 281 Å². The fraction of sp³-hybridized carbons (Fsp3) is 0.567. The minimum absolute atomic E-state index is 0.0180. The van der Waals surface area contributed by atoms with Crippen molar-refractivity contribution in [1.29, 1.82) is 0 Å². The van der Waals surface area contributed by atoms with Crippen LogP contribution >= 0.6 is 7.82 Å². The summed E-state index contributed by atoms with van der Waals surface area (Å²) in [5, 5.41) is 0. The lowest BCUT2D eigenvalue weighted by Crippen LogP contribution is -2.26. The van der Waals surface area contributed by atoms with Crippen molar-refractivity contribution in [3.05, 3.63) is 176 Å². The molecule has 0 saturated heterocycles. The van der Waals surface area contributed by atoms with Crippen LogP contribution in [0.15, 0.2) is 109 Å². The molecule has 0 amide bonds. The molecule has 6 aromatic carbocycles. The maximum atomic E-state index is 17.8. The Balaban J connectivity index is 1.35. The van der Waals surface area contributed by atoms with E-state index in [2.05, 4.69) is 244 Å². The third-order valence-electron chi connectivity index (χ3n) is 20.4. The largest absolute Gasteiger partial charge is 0.647 e. The van der Waals surface area contributed by atoms with Crippen molar-refractivity contribution in [2.45, 2.75) is 296 Å². The van der Waals surface area contributed by atoms with Crippen LogP contribution < -0.4 is 27.8 Å². The first-order valence-corrected chi connectivity index (χ1v) is 38.4. The molecule has 11 heteroatoms. The summed E-state index contributed by atoms with van der Waals surface area (Å²) < 4.78 is 58.5. The van der Waals surface area contributed by atoms with Gasteiger partial charge in [0.1, 0.15) is 52.3 Å². The van der Waals surface area contributed by atoms with E-state index in [-0.39, 0.29) is 66.0 Å². The lowest BCUT2D eigenvalue weighted by molar-refractivity contribution is -0.134. The summed E-state index contributed by atoms with van der Waals surface area (Å²) >= 11 is 0. The Labute approximate surface area is 608 Å². The van der Waals surface area contributed by atoms with Crippen molar-refractivity contribution in [2.24, 2.45) is 32.5 Å². The van der Waals surface area contributed by atoms with E-state index in [0.717, 1.165) is 71.9 Å². The Kier molecular flexibility index (Phi) is 20.6. The number of ether oxygens (including phenoxy) is 3. The zero-order valence-corrected chi connectivity index (χ0v) is 68.3. The third kappa shape index (κ3) is 18.3. The molecule has 101 heavy (non-hydrogen) atoms. The van der Waals surface area contributed by atoms with E-state index in [4.69, 9.17) is 27.8 Å². The van der Waals surface area contributed by atoms with Gasteiger partial charge < -0.3 is 27.8 Å². The van der Waals surface area contributed by atoms with Crippen LogP contribution in [0, 0.1) is 32.5 Å². The highest BCUT2D eigenvalue weighted by Gasteiger charge is 2.48. The number of benzene rings is 6. The summed E-state index contributed by atoms with van der Waals surface area (Å²) in [4.78, 5) is 45.5. The Morgan fingerprint density at radius 2 is 0.436 bits per heavy atom. The second kappa shape index (κ2) is 26.5. The maximum absolute atomic E-state index is 17.8. The molecule has 6 aromatic rings. The first kappa shape index (κ1) is 78.5. The van der Waals surface area contributed by atoms with Crippen molar-refractivity contribution >= 4 is 25.7 Å². The van der Waals surface area contributed by atoms with Crippen LogP contribution in [-0.4, -0.2) is 17.9 Å². The van der Waals surface area contributed by atoms with E-state index in [0.29, 0.717) is 50.6 Å². The number of rotatable bonds is 21. The van der Waals surface area contributed by atoms with Crippen molar-refractivity contribution < 1.29 is 46.7 Å². The Morgan fingerprint density at radius 1 is 0.267 bits per heavy atom. The molecule has 0 radical (unpaired) electrons. The summed E-state index contributed by atoms with van der Waals surface area (Å²) in [5.41, 5.74) is 6.46. The Bertz CT molecular complexity index is 3780. The average molecular weight is 1400 g/mol. The summed E-state index contributed by atoms with van der Waals surface area (Å²) in [6.45, 7) is 66.7. The van der Waals surface area contributed by atoms with Gasteiger partial charge in [0.05, 0.1) is 0 Å². The van der Waals surface area contributed by atoms with E-state index in [1.165, 1.54) is 0 Å². The minimum atomic E-state index is -5.30. The molecule has 3 aliphatic rings. The molecule has 3 aliphatic heterocycles. The number of fused-ring (bicyclic) bond motifs is 3. The average Bonchev–Trinajstić information content (AvgIpc) is 1.68. The van der Waals surface area contributed by atoms with Gasteiger partial charge in [-0.15, -0.1) is 0 Å². The van der Waals surface area contributed by atoms with Gasteiger partial charge in [-0.3, -0.25) is 14.4 Å². The molecule has 0 aliphatic carbocycles. The number of hydrogen-bond donors (Lipinski definition) is 0. The van der Waals surface area contributed by atoms with Crippen LogP contribution in [0.5, 0.6) is 34.5 Å². The Hall–Kier alpha value is -6.64. The number of phosphoric acid groups is 1. The van der Waals surface area contributed by atoms with E-state index in [9.17, 15) is 0 Å². The molecular formula is C90H123O10P. The van der Waals surface area contributed by atoms with Gasteiger partial charge in [-0.05, 0) is 173 Å². The fourth-order valence-electron chi connectivity index (χ4n) is 18.4. The second-order valence-electron chi connectivity index (χ2n) is 41.5. The molecule has 3 unspecified atom stereocenters. The van der Waals surface area contributed by atoms with Gasteiger partial charge in [-0.25, -0.2) is 0 Å². The van der Waals surface area contributed by atoms with Crippen molar-refractivity contribution in [1.82, 2.24) is 0 Å². The van der Waals surface area contributed by atoms with E-state index < -0.39 is 59.7 Å². The summed E-state index contributed by atoms with van der Waals surface area (Å²) in [6.07, 6.45) is 4.91. The van der Waals surface area contributed by atoms with Crippen molar-refractivity contribution in [3.8, 4) is 34.5 Å². The number of hydrogen-bond acceptors (Lipinski definition) is 10. The summed E-state index contributed by atoms with van der Waals surface area (Å²) in [6, 6.07) is 35.4. The standard InChI is InChI=1S/C90H123O10P/c1-79(2,3)49-85(19,20)55-31-37-67-61(43-55)73(76(91)95-67)64-46-58(88(25,26)52-82(10,11)12)34-40-70(64)98-101(94,99-71-41-35-59(89(27,28)53-83(13,14)15)47-65(71)74-62-44-56(32-38-68(62)96-77(74)92)86(21,22)50-80(4,5)6)100-72-42-36-60(90(29,30)54-84(16,17)18)48-66(72)75-63-45-57(33-39-69(63)97-78(75)93)87(23,24)51-81(7,8)9/h31-48,73-75H,49-54H2,1-30H3. The number of carbonyl (C=O) groups is 3. The highest BCUT2D eigenvalue weighted by Crippen LogP contribution is 2.59. The zero-order chi connectivity index (χ0) is 75.6. The van der Waals surface area contributed by atoms with Crippen LogP contribution in [0.25, 0.3) is 0 Å². The van der Waals surface area contributed by atoms with Crippen LogP contribution in [0.2, 0.25) is 0 Å². The van der Waals surface area contributed by atoms with Crippen LogP contribution in [0.1, 0.15) is 331 Å². The third-order valence-corrected chi connectivity index (χ3v) is 21.7. The smallest absolute Gasteiger partial charge is 0.425 e. The topological polar surface area (TPSA) is 124 Å². The van der Waals surface area contributed by atoms with Crippen molar-refractivity contribution in [3.63, 3.8) is 0 Å². The minimum Gasteiger partial charge on any atom is -0.425 e. The Morgan fingerprint density at radius 3 is 0.614 bits per heavy atom. The SMILES string of the molecule is CC(C)(C)CC(C)(C)c1ccc2c(c1)C(c1cc(C(C)(C)CC(C)(C)C)ccc1OP(=O)(Oc1ccc(C(C)(C)CC(C)(C)C)cc1C1C(=O)Oc3ccc(C(C)(C)CC(C)(C)C)cc31)Oc1ccc(C(C)(C)CC(C)(C)C)cc1C1C(=O)Oc3ccc(C(C)(C)CC(C)(C)C)cc31)C(=O)O2. The predicted molar refractivity (Wildman–Crippen MR) is 413 cm³/mol. The number of phosphoric ester groups is 1. The normalized spacial score (nSPS) is 18.0. The van der Waals surface area contributed by atoms with Gasteiger partial charge in [0, 0.05) is 33.4 Å². The highest BCUT2D eigenvalue weighted by molar-refractivity contribution is 7.49. The molecule has 3 atom stereocenters. The van der Waals surface area contributed by atoms with E-state index >= 15 is 18.9 Å². The van der Waals surface area contributed by atoms with Gasteiger partial charge in [-0.2, -0.15) is 4.57 Å². The molecule has 0 spiro atoms. The maximum Gasteiger partial charge on any atom is 0.647 e. The molecule has 10 nitrogen and oxygen atoms in total. The first-order chi connectivity index (χ1) is 45.7. The van der Waals surface area contributed by atoms with Crippen LogP contribution in [-0.2, 0) is 51.4 Å². The molecule has 0 fully saturated rings. The predicted octanol–water partition coefficient (Wildman–Crippen LogP) is 24.8. The fourth-order valence-corrected chi connectivity index (χ4v) is 19.8. The second-order valence-corrected chi connectivity index (χ2v) is 43.0. The molecule has 3 heterocycles. The molecule has 0 bridgehead atoms. The lowest BCUT2D eigenvalue weighted by Gasteiger charge is -2.34. The zero-order valence-electron chi connectivity index (χ0n) is 67.4. The summed E-state index contributed by atoms with van der Waals surface area (Å²) in [7, 11) is -5.30. The molecular weight excluding hydrogens is 1270 g/mol. The quantitative estimate of drug-likeness (QED) is 0.0391. The monoisotopic (exact) mass is 1390 g/mol. The van der Waals surface area contributed by atoms with Gasteiger partial charge >= 0.3 is 25.7 Å². The van der Waals surface area contributed by atoms with Gasteiger partial charge in [0.15, 0.2) is 0 Å². The molecule has 548 valence electrons. The lowest BCUT2D eigenvalue weighted by atomic mass is 9.71. The molecule has 0 saturated carbocycles.